The van der Waals surface area contributed by atoms with Crippen molar-refractivity contribution >= 4 is 49.3 Å². The first kappa shape index (κ1) is 28.8. The van der Waals surface area contributed by atoms with Gasteiger partial charge in [0.15, 0.2) is 5.69 Å². The fourth-order valence-corrected chi connectivity index (χ4v) is 7.36. The van der Waals surface area contributed by atoms with E-state index < -0.39 is 0 Å². The number of hydrogen-bond acceptors (Lipinski definition) is 2. The lowest BCUT2D eigenvalue weighted by atomic mass is 9.95. The molecule has 0 amide bonds. The van der Waals surface area contributed by atoms with Crippen molar-refractivity contribution in [1.82, 2.24) is 9.13 Å². The van der Waals surface area contributed by atoms with Crippen molar-refractivity contribution in [3.05, 3.63) is 174 Å². The first-order chi connectivity index (χ1) is 24.6. The first-order valence-electron chi connectivity index (χ1n) is 16.2. The Kier molecular flexibility index (Phi) is 6.56. The third-order valence-corrected chi connectivity index (χ3v) is 9.54. The minimum absolute atomic E-state index is 0.538. The second kappa shape index (κ2) is 11.4. The smallest absolute Gasteiger partial charge is 0.189 e. The van der Waals surface area contributed by atoms with Crippen molar-refractivity contribution in [1.29, 1.82) is 10.5 Å². The van der Waals surface area contributed by atoms with Crippen molar-refractivity contribution in [2.75, 3.05) is 0 Å². The maximum absolute atomic E-state index is 10.3. The molecule has 0 radical (unpaired) electrons. The van der Waals surface area contributed by atoms with Gasteiger partial charge in [-0.05, 0) is 89.5 Å². The number of hydrogen-bond donors (Lipinski definition) is 0. The van der Waals surface area contributed by atoms with E-state index in [9.17, 15) is 10.5 Å². The highest BCUT2D eigenvalue weighted by Gasteiger charge is 2.18. The zero-order chi connectivity index (χ0) is 33.8. The van der Waals surface area contributed by atoms with E-state index >= 15 is 0 Å². The molecule has 5 heteroatoms. The third kappa shape index (κ3) is 4.45. The van der Waals surface area contributed by atoms with Crippen LogP contribution in [0, 0.1) is 29.2 Å². The highest BCUT2D eigenvalue weighted by molar-refractivity contribution is 6.11. The highest BCUT2D eigenvalue weighted by Crippen LogP contribution is 2.40. The summed E-state index contributed by atoms with van der Waals surface area (Å²) in [6.07, 6.45) is 0. The van der Waals surface area contributed by atoms with Gasteiger partial charge in [0.2, 0.25) is 0 Å². The van der Waals surface area contributed by atoms with Crippen LogP contribution in [0.15, 0.2) is 152 Å². The summed E-state index contributed by atoms with van der Waals surface area (Å²) in [4.78, 5) is 3.71. The predicted molar refractivity (Wildman–Crippen MR) is 202 cm³/mol. The lowest BCUT2D eigenvalue weighted by molar-refractivity contribution is 1.18. The minimum atomic E-state index is 0.538. The van der Waals surface area contributed by atoms with E-state index in [0.717, 1.165) is 66.5 Å². The van der Waals surface area contributed by atoms with Gasteiger partial charge in [-0.1, -0.05) is 78.9 Å². The quantitative estimate of drug-likeness (QED) is 0.181. The summed E-state index contributed by atoms with van der Waals surface area (Å²) < 4.78 is 4.47. The van der Waals surface area contributed by atoms with Crippen LogP contribution in [-0.2, 0) is 0 Å². The second-order valence-corrected chi connectivity index (χ2v) is 12.3. The van der Waals surface area contributed by atoms with Gasteiger partial charge in [0, 0.05) is 38.3 Å². The standard InChI is InChI=1S/C45H25N5/c1-48-34-18-19-39-40-23-29(27-46)17-20-44(40)50(45(39)26-34)41-14-5-2-11-36(41)33-22-30(28-47)21-32(24-33)31-9-8-10-35(25-31)49-42-15-6-3-12-37(42)38-13-4-7-16-43(38)49/h2-26H. The molecule has 0 saturated carbocycles. The van der Waals surface area contributed by atoms with Crippen LogP contribution in [0.2, 0.25) is 0 Å². The molecule has 0 N–H and O–H groups in total. The first-order valence-corrected chi connectivity index (χ1v) is 16.2. The molecule has 230 valence electrons. The molecule has 50 heavy (non-hydrogen) atoms. The van der Waals surface area contributed by atoms with Crippen LogP contribution in [0.1, 0.15) is 11.1 Å². The van der Waals surface area contributed by atoms with Crippen molar-refractivity contribution in [2.24, 2.45) is 0 Å². The zero-order valence-electron chi connectivity index (χ0n) is 26.7. The molecule has 0 unspecified atom stereocenters. The number of rotatable bonds is 4. The number of aromatic nitrogens is 2. The average Bonchev–Trinajstić information content (AvgIpc) is 3.69. The highest BCUT2D eigenvalue weighted by atomic mass is 15.0. The molecule has 0 bridgehead atoms. The van der Waals surface area contributed by atoms with E-state index in [4.69, 9.17) is 6.57 Å². The maximum atomic E-state index is 10.3. The van der Waals surface area contributed by atoms with E-state index in [-0.39, 0.29) is 0 Å². The number of fused-ring (bicyclic) bond motifs is 6. The molecule has 5 nitrogen and oxygen atoms in total. The Morgan fingerprint density at radius 3 is 1.90 bits per heavy atom. The zero-order valence-corrected chi connectivity index (χ0v) is 26.7. The van der Waals surface area contributed by atoms with Gasteiger partial charge in [-0.3, -0.25) is 0 Å². The molecule has 0 saturated heterocycles. The van der Waals surface area contributed by atoms with Crippen LogP contribution in [0.4, 0.5) is 5.69 Å². The molecule has 0 aliphatic carbocycles. The molecule has 2 heterocycles. The molecule has 0 fully saturated rings. The van der Waals surface area contributed by atoms with Gasteiger partial charge in [0.05, 0.1) is 52.1 Å². The second-order valence-electron chi connectivity index (χ2n) is 12.3. The van der Waals surface area contributed by atoms with Crippen LogP contribution in [0.25, 0.3) is 82.1 Å². The molecule has 0 aliphatic heterocycles. The van der Waals surface area contributed by atoms with Crippen LogP contribution >= 0.6 is 0 Å². The normalized spacial score (nSPS) is 11.1. The summed E-state index contributed by atoms with van der Waals surface area (Å²) >= 11 is 0. The molecule has 0 aliphatic rings. The Morgan fingerprint density at radius 2 is 1.14 bits per heavy atom. The van der Waals surface area contributed by atoms with Crippen molar-refractivity contribution in [2.45, 2.75) is 0 Å². The lowest BCUT2D eigenvalue weighted by Crippen LogP contribution is -1.98. The van der Waals surface area contributed by atoms with Crippen molar-refractivity contribution < 1.29 is 0 Å². The number of nitriles is 2. The van der Waals surface area contributed by atoms with Crippen LogP contribution in [-0.4, -0.2) is 9.13 Å². The summed E-state index contributed by atoms with van der Waals surface area (Å²) in [5, 5.41) is 24.2. The topological polar surface area (TPSA) is 61.8 Å². The van der Waals surface area contributed by atoms with Crippen molar-refractivity contribution in [3.63, 3.8) is 0 Å². The molecule has 9 aromatic rings. The number of nitrogens with zero attached hydrogens (tertiary/aromatic N) is 5. The minimum Gasteiger partial charge on any atom is -0.310 e. The summed E-state index contributed by atoms with van der Waals surface area (Å²) in [6.45, 7) is 7.70. The maximum Gasteiger partial charge on any atom is 0.189 e. The molecular formula is C45H25N5. The number of para-hydroxylation sites is 3. The Morgan fingerprint density at radius 1 is 0.460 bits per heavy atom. The van der Waals surface area contributed by atoms with Gasteiger partial charge in [-0.2, -0.15) is 10.5 Å². The molecular weight excluding hydrogens is 611 g/mol. The van der Waals surface area contributed by atoms with Crippen LogP contribution < -0.4 is 0 Å². The third-order valence-electron chi connectivity index (χ3n) is 9.54. The predicted octanol–water partition coefficient (Wildman–Crippen LogP) is 11.5. The van der Waals surface area contributed by atoms with E-state index in [1.54, 1.807) is 0 Å². The van der Waals surface area contributed by atoms with E-state index in [2.05, 4.69) is 117 Å². The largest absolute Gasteiger partial charge is 0.310 e. The fraction of sp³-hybridized carbons (Fsp3) is 0. The molecule has 0 atom stereocenters. The fourth-order valence-electron chi connectivity index (χ4n) is 7.36. The summed E-state index contributed by atoms with van der Waals surface area (Å²) in [6, 6.07) is 55.7. The van der Waals surface area contributed by atoms with E-state index in [1.807, 2.05) is 60.7 Å². The molecule has 0 spiro atoms. The van der Waals surface area contributed by atoms with Gasteiger partial charge in [0.1, 0.15) is 0 Å². The van der Waals surface area contributed by atoms with Crippen molar-refractivity contribution in [3.8, 4) is 45.8 Å². The van der Waals surface area contributed by atoms with Gasteiger partial charge < -0.3 is 9.13 Å². The van der Waals surface area contributed by atoms with E-state index in [1.165, 1.54) is 10.8 Å². The van der Waals surface area contributed by atoms with Crippen LogP contribution in [0.3, 0.4) is 0 Å². The summed E-state index contributed by atoms with van der Waals surface area (Å²) in [7, 11) is 0. The molecule has 7 aromatic carbocycles. The van der Waals surface area contributed by atoms with Gasteiger partial charge >= 0.3 is 0 Å². The Balaban J connectivity index is 1.25. The summed E-state index contributed by atoms with van der Waals surface area (Å²) in [5.74, 6) is 0. The SMILES string of the molecule is [C-]#[N+]c1ccc2c3cc(C#N)ccc3n(-c3ccccc3-c3cc(C#N)cc(-c4cccc(-n5c6ccccc6c6ccccc65)c4)c3)c2c1. The van der Waals surface area contributed by atoms with Crippen LogP contribution in [0.5, 0.6) is 0 Å². The van der Waals surface area contributed by atoms with Gasteiger partial charge in [-0.15, -0.1) is 0 Å². The molecule has 9 rings (SSSR count). The number of benzene rings is 7. The Bertz CT molecular complexity index is 2920. The summed E-state index contributed by atoms with van der Waals surface area (Å²) in [5.41, 5.74) is 11.5. The Labute approximate surface area is 288 Å². The lowest BCUT2D eigenvalue weighted by Gasteiger charge is -2.16. The van der Waals surface area contributed by atoms with Gasteiger partial charge in [-0.25, -0.2) is 4.85 Å². The van der Waals surface area contributed by atoms with E-state index in [0.29, 0.717) is 16.8 Å². The Hall–Kier alpha value is -7.39. The monoisotopic (exact) mass is 635 g/mol. The average molecular weight is 636 g/mol. The molecule has 2 aromatic heterocycles. The van der Waals surface area contributed by atoms with Gasteiger partial charge in [0.25, 0.3) is 0 Å².